The highest BCUT2D eigenvalue weighted by molar-refractivity contribution is 5.75. The standard InChI is InChI=1S/C13H19N3/c1-3-14-9-8-11(2)16-10-15-12-6-4-5-7-13(12)16/h4-7,10-11,14H,3,8-9H2,1-2H3. The van der Waals surface area contributed by atoms with E-state index >= 15 is 0 Å². The predicted molar refractivity (Wildman–Crippen MR) is 67.6 cm³/mol. The lowest BCUT2D eigenvalue weighted by Gasteiger charge is -2.14. The Morgan fingerprint density at radius 1 is 1.38 bits per heavy atom. The highest BCUT2D eigenvalue weighted by atomic mass is 15.1. The molecule has 1 heterocycles. The molecular weight excluding hydrogens is 198 g/mol. The van der Waals surface area contributed by atoms with Crippen LogP contribution in [0.4, 0.5) is 0 Å². The number of rotatable bonds is 5. The summed E-state index contributed by atoms with van der Waals surface area (Å²) in [4.78, 5) is 4.41. The van der Waals surface area contributed by atoms with Crippen molar-refractivity contribution in [1.82, 2.24) is 14.9 Å². The first-order valence-electron chi connectivity index (χ1n) is 5.95. The van der Waals surface area contributed by atoms with E-state index in [1.807, 2.05) is 12.4 Å². The first-order chi connectivity index (χ1) is 7.83. The molecule has 0 aliphatic heterocycles. The topological polar surface area (TPSA) is 29.9 Å². The number of aromatic nitrogens is 2. The zero-order valence-corrected chi connectivity index (χ0v) is 9.98. The van der Waals surface area contributed by atoms with Gasteiger partial charge in [-0.2, -0.15) is 0 Å². The summed E-state index contributed by atoms with van der Waals surface area (Å²) in [6.45, 7) is 6.48. The second-order valence-electron chi connectivity index (χ2n) is 4.13. The van der Waals surface area contributed by atoms with Gasteiger partial charge in [-0.15, -0.1) is 0 Å². The third-order valence-corrected chi connectivity index (χ3v) is 2.94. The Morgan fingerprint density at radius 2 is 2.19 bits per heavy atom. The fourth-order valence-corrected chi connectivity index (χ4v) is 1.96. The van der Waals surface area contributed by atoms with Gasteiger partial charge in [0.1, 0.15) is 0 Å². The predicted octanol–water partition coefficient (Wildman–Crippen LogP) is 2.60. The number of nitrogens with one attached hydrogen (secondary N) is 1. The zero-order valence-electron chi connectivity index (χ0n) is 9.98. The molecule has 1 aromatic carbocycles. The SMILES string of the molecule is CCNCCC(C)n1cnc2ccccc21. The fourth-order valence-electron chi connectivity index (χ4n) is 1.96. The monoisotopic (exact) mass is 217 g/mol. The molecule has 1 aromatic heterocycles. The van der Waals surface area contributed by atoms with Gasteiger partial charge in [0, 0.05) is 6.04 Å². The van der Waals surface area contributed by atoms with Crippen LogP contribution in [0.25, 0.3) is 11.0 Å². The van der Waals surface area contributed by atoms with Crippen molar-refractivity contribution in [3.8, 4) is 0 Å². The molecule has 0 aliphatic rings. The molecule has 2 aromatic rings. The van der Waals surface area contributed by atoms with E-state index < -0.39 is 0 Å². The molecule has 3 heteroatoms. The third kappa shape index (κ3) is 2.25. The summed E-state index contributed by atoms with van der Waals surface area (Å²) >= 11 is 0. The average molecular weight is 217 g/mol. The smallest absolute Gasteiger partial charge is 0.0960 e. The maximum Gasteiger partial charge on any atom is 0.0960 e. The lowest BCUT2D eigenvalue weighted by Crippen LogP contribution is -2.17. The van der Waals surface area contributed by atoms with Crippen molar-refractivity contribution >= 4 is 11.0 Å². The van der Waals surface area contributed by atoms with Gasteiger partial charge < -0.3 is 9.88 Å². The van der Waals surface area contributed by atoms with Gasteiger partial charge in [-0.25, -0.2) is 4.98 Å². The van der Waals surface area contributed by atoms with Crippen LogP contribution in [0.5, 0.6) is 0 Å². The van der Waals surface area contributed by atoms with Gasteiger partial charge in [0.05, 0.1) is 17.4 Å². The summed E-state index contributed by atoms with van der Waals surface area (Å²) in [5, 5.41) is 3.36. The van der Waals surface area contributed by atoms with Crippen LogP contribution in [0.3, 0.4) is 0 Å². The molecule has 0 saturated carbocycles. The summed E-state index contributed by atoms with van der Waals surface area (Å²) in [5.74, 6) is 0. The fraction of sp³-hybridized carbons (Fsp3) is 0.462. The van der Waals surface area contributed by atoms with Crippen molar-refractivity contribution < 1.29 is 0 Å². The molecule has 0 fully saturated rings. The van der Waals surface area contributed by atoms with E-state index in [-0.39, 0.29) is 0 Å². The molecule has 1 N–H and O–H groups in total. The van der Waals surface area contributed by atoms with Crippen molar-refractivity contribution in [3.63, 3.8) is 0 Å². The van der Waals surface area contributed by atoms with Gasteiger partial charge >= 0.3 is 0 Å². The van der Waals surface area contributed by atoms with Crippen LogP contribution in [0, 0.1) is 0 Å². The van der Waals surface area contributed by atoms with Gasteiger partial charge in [0.25, 0.3) is 0 Å². The van der Waals surface area contributed by atoms with Crippen molar-refractivity contribution in [2.45, 2.75) is 26.3 Å². The van der Waals surface area contributed by atoms with Gasteiger partial charge in [0.2, 0.25) is 0 Å². The molecule has 0 amide bonds. The average Bonchev–Trinajstić information content (AvgIpc) is 2.73. The molecular formula is C13H19N3. The lowest BCUT2D eigenvalue weighted by molar-refractivity contribution is 0.497. The minimum atomic E-state index is 0.492. The molecule has 0 bridgehead atoms. The number of fused-ring (bicyclic) bond motifs is 1. The third-order valence-electron chi connectivity index (χ3n) is 2.94. The normalized spacial score (nSPS) is 13.1. The van der Waals surface area contributed by atoms with Crippen LogP contribution in [0.2, 0.25) is 0 Å². The number of benzene rings is 1. The Hall–Kier alpha value is -1.35. The molecule has 0 spiro atoms. The quantitative estimate of drug-likeness (QED) is 0.780. The molecule has 0 radical (unpaired) electrons. The Balaban J connectivity index is 2.13. The molecule has 2 rings (SSSR count). The van der Waals surface area contributed by atoms with Crippen LogP contribution in [0.1, 0.15) is 26.3 Å². The summed E-state index contributed by atoms with van der Waals surface area (Å²) in [6, 6.07) is 8.78. The molecule has 1 unspecified atom stereocenters. The van der Waals surface area contributed by atoms with E-state index in [4.69, 9.17) is 0 Å². The van der Waals surface area contributed by atoms with E-state index in [1.54, 1.807) is 0 Å². The van der Waals surface area contributed by atoms with E-state index in [1.165, 1.54) is 5.52 Å². The van der Waals surface area contributed by atoms with Gasteiger partial charge in [-0.1, -0.05) is 19.1 Å². The number of imidazole rings is 1. The summed E-state index contributed by atoms with van der Waals surface area (Å²) in [6.07, 6.45) is 3.08. The van der Waals surface area contributed by atoms with E-state index in [2.05, 4.69) is 46.9 Å². The van der Waals surface area contributed by atoms with Gasteiger partial charge in [-0.3, -0.25) is 0 Å². The summed E-state index contributed by atoms with van der Waals surface area (Å²) < 4.78 is 2.26. The van der Waals surface area contributed by atoms with Gasteiger partial charge in [0.15, 0.2) is 0 Å². The molecule has 1 atom stereocenters. The van der Waals surface area contributed by atoms with Crippen LogP contribution >= 0.6 is 0 Å². The molecule has 3 nitrogen and oxygen atoms in total. The zero-order chi connectivity index (χ0) is 11.4. The molecule has 0 aliphatic carbocycles. The first-order valence-corrected chi connectivity index (χ1v) is 5.95. The minimum Gasteiger partial charge on any atom is -0.328 e. The van der Waals surface area contributed by atoms with Crippen molar-refractivity contribution in [2.75, 3.05) is 13.1 Å². The second-order valence-corrected chi connectivity index (χ2v) is 4.13. The molecule has 0 saturated heterocycles. The largest absolute Gasteiger partial charge is 0.328 e. The molecule has 86 valence electrons. The summed E-state index contributed by atoms with van der Waals surface area (Å²) in [5.41, 5.74) is 2.31. The van der Waals surface area contributed by atoms with Crippen molar-refractivity contribution in [2.24, 2.45) is 0 Å². The second kappa shape index (κ2) is 5.12. The Morgan fingerprint density at radius 3 is 3.00 bits per heavy atom. The van der Waals surface area contributed by atoms with Crippen LogP contribution < -0.4 is 5.32 Å². The van der Waals surface area contributed by atoms with E-state index in [0.29, 0.717) is 6.04 Å². The maximum absolute atomic E-state index is 4.41. The maximum atomic E-state index is 4.41. The minimum absolute atomic E-state index is 0.492. The molecule has 16 heavy (non-hydrogen) atoms. The van der Waals surface area contributed by atoms with Gasteiger partial charge in [-0.05, 0) is 38.6 Å². The van der Waals surface area contributed by atoms with Crippen molar-refractivity contribution in [3.05, 3.63) is 30.6 Å². The van der Waals surface area contributed by atoms with Crippen LogP contribution in [-0.2, 0) is 0 Å². The number of para-hydroxylation sites is 2. The number of hydrogen-bond donors (Lipinski definition) is 1. The van der Waals surface area contributed by atoms with Crippen LogP contribution in [0.15, 0.2) is 30.6 Å². The number of hydrogen-bond acceptors (Lipinski definition) is 2. The lowest BCUT2D eigenvalue weighted by atomic mass is 10.2. The summed E-state index contributed by atoms with van der Waals surface area (Å²) in [7, 11) is 0. The number of nitrogens with zero attached hydrogens (tertiary/aromatic N) is 2. The Bertz CT molecular complexity index is 447. The Kier molecular flexibility index (Phi) is 3.57. The highest BCUT2D eigenvalue weighted by Crippen LogP contribution is 2.18. The highest BCUT2D eigenvalue weighted by Gasteiger charge is 2.07. The van der Waals surface area contributed by atoms with E-state index in [0.717, 1.165) is 25.0 Å². The van der Waals surface area contributed by atoms with Crippen LogP contribution in [-0.4, -0.2) is 22.6 Å². The van der Waals surface area contributed by atoms with Crippen molar-refractivity contribution in [1.29, 1.82) is 0 Å². The van der Waals surface area contributed by atoms with E-state index in [9.17, 15) is 0 Å². The Labute approximate surface area is 96.5 Å². The first kappa shape index (κ1) is 11.1.